The first-order valence-corrected chi connectivity index (χ1v) is 10.7. The lowest BCUT2D eigenvalue weighted by Gasteiger charge is -2.12. The Hall–Kier alpha value is -3.39. The number of hydrogen-bond donors (Lipinski definition) is 1. The predicted molar refractivity (Wildman–Crippen MR) is 121 cm³/mol. The molecule has 3 rings (SSSR count). The molecule has 0 unspecified atom stereocenters. The van der Waals surface area contributed by atoms with E-state index in [1.165, 1.54) is 11.3 Å². The van der Waals surface area contributed by atoms with E-state index in [0.717, 1.165) is 22.7 Å². The van der Waals surface area contributed by atoms with E-state index in [1.54, 1.807) is 31.6 Å². The zero-order valence-electron chi connectivity index (χ0n) is 17.8. The highest BCUT2D eigenvalue weighted by molar-refractivity contribution is 7.11. The first kappa shape index (κ1) is 22.3. The Morgan fingerprint density at radius 1 is 1.29 bits per heavy atom. The Balaban J connectivity index is 2.02. The number of ether oxygens (including phenoxy) is 2. The molecule has 0 aliphatic rings. The summed E-state index contributed by atoms with van der Waals surface area (Å²) in [4.78, 5) is 29.2. The third-order valence-electron chi connectivity index (χ3n) is 4.73. The van der Waals surface area contributed by atoms with Gasteiger partial charge in [0.25, 0.3) is 5.91 Å². The van der Waals surface area contributed by atoms with Crippen molar-refractivity contribution in [2.75, 3.05) is 20.3 Å². The van der Waals surface area contributed by atoms with E-state index in [4.69, 9.17) is 9.47 Å². The number of nitrogens with one attached hydrogen (secondary N) is 1. The second kappa shape index (κ2) is 10.1. The van der Waals surface area contributed by atoms with Crippen LogP contribution in [0.4, 0.5) is 0 Å². The lowest BCUT2D eigenvalue weighted by molar-refractivity contribution is 0.0526. The topological polar surface area (TPSA) is 82.5 Å². The van der Waals surface area contributed by atoms with Gasteiger partial charge in [-0.05, 0) is 37.6 Å². The zero-order valence-corrected chi connectivity index (χ0v) is 18.6. The second-order valence-corrected chi connectivity index (χ2v) is 7.58. The molecule has 0 atom stereocenters. The Labute approximate surface area is 185 Å². The van der Waals surface area contributed by atoms with E-state index in [-0.39, 0.29) is 17.5 Å². The van der Waals surface area contributed by atoms with Crippen molar-refractivity contribution in [3.63, 3.8) is 0 Å². The number of thiazole rings is 1. The largest absolute Gasteiger partial charge is 0.497 e. The Kier molecular flexibility index (Phi) is 7.25. The van der Waals surface area contributed by atoms with E-state index in [2.05, 4.69) is 16.9 Å². The third-order valence-corrected chi connectivity index (χ3v) is 5.56. The molecule has 2 heterocycles. The van der Waals surface area contributed by atoms with Crippen molar-refractivity contribution in [3.8, 4) is 17.1 Å². The average molecular weight is 440 g/mol. The van der Waals surface area contributed by atoms with Crippen LogP contribution in [-0.4, -0.2) is 41.7 Å². The fourth-order valence-corrected chi connectivity index (χ4v) is 3.85. The van der Waals surface area contributed by atoms with Gasteiger partial charge in [-0.3, -0.25) is 4.79 Å². The Morgan fingerprint density at radius 2 is 2.03 bits per heavy atom. The molecule has 3 aromatic rings. The molecule has 8 heteroatoms. The first-order valence-electron chi connectivity index (χ1n) is 9.83. The van der Waals surface area contributed by atoms with Gasteiger partial charge in [-0.25, -0.2) is 9.78 Å². The summed E-state index contributed by atoms with van der Waals surface area (Å²) in [5.41, 5.74) is 3.77. The lowest BCUT2D eigenvalue weighted by atomic mass is 10.2. The molecule has 0 saturated carbocycles. The maximum atomic E-state index is 12.7. The number of aromatic nitrogens is 2. The number of methoxy groups -OCH3 is 1. The summed E-state index contributed by atoms with van der Waals surface area (Å²) in [7, 11) is 1.63. The van der Waals surface area contributed by atoms with Gasteiger partial charge >= 0.3 is 5.97 Å². The van der Waals surface area contributed by atoms with Gasteiger partial charge < -0.3 is 19.4 Å². The fraction of sp³-hybridized carbons (Fsp3) is 0.261. The number of carbonyl (C=O) groups excluding carboxylic acids is 2. The van der Waals surface area contributed by atoms with Crippen LogP contribution in [0.1, 0.15) is 38.3 Å². The molecule has 1 amide bonds. The van der Waals surface area contributed by atoms with Gasteiger partial charge in [-0.2, -0.15) is 0 Å². The summed E-state index contributed by atoms with van der Waals surface area (Å²) in [6.45, 7) is 8.49. The van der Waals surface area contributed by atoms with Crippen molar-refractivity contribution in [3.05, 3.63) is 70.2 Å². The van der Waals surface area contributed by atoms with E-state index < -0.39 is 5.97 Å². The summed E-state index contributed by atoms with van der Waals surface area (Å²) in [6, 6.07) is 9.55. The van der Waals surface area contributed by atoms with Gasteiger partial charge in [0.2, 0.25) is 5.01 Å². The van der Waals surface area contributed by atoms with Gasteiger partial charge in [0.05, 0.1) is 30.7 Å². The van der Waals surface area contributed by atoms with Crippen molar-refractivity contribution >= 4 is 23.2 Å². The monoisotopic (exact) mass is 439 g/mol. The minimum atomic E-state index is -0.451. The van der Waals surface area contributed by atoms with E-state index in [1.807, 2.05) is 35.8 Å². The summed E-state index contributed by atoms with van der Waals surface area (Å²) in [5.74, 6) is 0.136. The number of esters is 1. The van der Waals surface area contributed by atoms with Crippen molar-refractivity contribution in [2.24, 2.45) is 0 Å². The van der Waals surface area contributed by atoms with Crippen molar-refractivity contribution < 1.29 is 19.1 Å². The quantitative estimate of drug-likeness (QED) is 0.401. The van der Waals surface area contributed by atoms with Crippen LogP contribution in [0.2, 0.25) is 0 Å². The standard InChI is InChI=1S/C23H25N3O4S/c1-5-11-24-21(27)18-12-20(19-14-31-22(25-19)23(28)30-6-2)26(15(18)3)13-16-7-9-17(29-4)10-8-16/h5,7-10,12,14H,1,6,11,13H2,2-4H3,(H,24,27). The summed E-state index contributed by atoms with van der Waals surface area (Å²) in [5, 5.41) is 4.91. The van der Waals surface area contributed by atoms with Crippen molar-refractivity contribution in [1.29, 1.82) is 0 Å². The molecular formula is C23H25N3O4S. The number of benzene rings is 1. The number of nitrogens with zero attached hydrogens (tertiary/aromatic N) is 2. The van der Waals surface area contributed by atoms with Crippen LogP contribution in [0.5, 0.6) is 5.75 Å². The Bertz CT molecular complexity index is 1080. The molecule has 0 radical (unpaired) electrons. The maximum Gasteiger partial charge on any atom is 0.367 e. The normalized spacial score (nSPS) is 10.5. The van der Waals surface area contributed by atoms with Crippen LogP contribution >= 0.6 is 11.3 Å². The van der Waals surface area contributed by atoms with Crippen LogP contribution < -0.4 is 10.1 Å². The van der Waals surface area contributed by atoms with Crippen molar-refractivity contribution in [2.45, 2.75) is 20.4 Å². The zero-order chi connectivity index (χ0) is 22.4. The van der Waals surface area contributed by atoms with Crippen LogP contribution in [0.25, 0.3) is 11.4 Å². The number of rotatable bonds is 9. The SMILES string of the molecule is C=CCNC(=O)c1cc(-c2csc(C(=O)OCC)n2)n(Cc2ccc(OC)cc2)c1C. The van der Waals surface area contributed by atoms with Crippen LogP contribution in [0.3, 0.4) is 0 Å². The Morgan fingerprint density at radius 3 is 2.68 bits per heavy atom. The predicted octanol–water partition coefficient (Wildman–Crippen LogP) is 4.07. The smallest absolute Gasteiger partial charge is 0.367 e. The highest BCUT2D eigenvalue weighted by Crippen LogP contribution is 2.29. The van der Waals surface area contributed by atoms with Crippen LogP contribution in [0.15, 0.2) is 48.4 Å². The molecule has 0 bridgehead atoms. The highest BCUT2D eigenvalue weighted by Gasteiger charge is 2.21. The van der Waals surface area contributed by atoms with E-state index in [0.29, 0.717) is 24.3 Å². The molecule has 0 aliphatic heterocycles. The number of amides is 1. The van der Waals surface area contributed by atoms with Crippen LogP contribution in [-0.2, 0) is 11.3 Å². The third kappa shape index (κ3) is 5.03. The molecule has 31 heavy (non-hydrogen) atoms. The molecule has 0 aliphatic carbocycles. The minimum Gasteiger partial charge on any atom is -0.497 e. The average Bonchev–Trinajstić information content (AvgIpc) is 3.38. The highest BCUT2D eigenvalue weighted by atomic mass is 32.1. The second-order valence-electron chi connectivity index (χ2n) is 6.72. The molecule has 1 aromatic carbocycles. The van der Waals surface area contributed by atoms with Gasteiger partial charge in [0, 0.05) is 24.2 Å². The first-order chi connectivity index (χ1) is 15.0. The molecule has 0 saturated heterocycles. The number of hydrogen-bond acceptors (Lipinski definition) is 6. The molecule has 0 fully saturated rings. The molecule has 162 valence electrons. The van der Waals surface area contributed by atoms with Gasteiger partial charge in [0.1, 0.15) is 5.75 Å². The summed E-state index contributed by atoms with van der Waals surface area (Å²) < 4.78 is 12.3. The molecule has 2 aromatic heterocycles. The van der Waals surface area contributed by atoms with Crippen molar-refractivity contribution in [1.82, 2.24) is 14.9 Å². The molecule has 7 nitrogen and oxygen atoms in total. The summed E-state index contributed by atoms with van der Waals surface area (Å²) in [6.07, 6.45) is 1.63. The fourth-order valence-electron chi connectivity index (χ4n) is 3.14. The van der Waals surface area contributed by atoms with Crippen LogP contribution in [0, 0.1) is 6.92 Å². The maximum absolute atomic E-state index is 12.7. The number of carbonyl (C=O) groups is 2. The van der Waals surface area contributed by atoms with Gasteiger partial charge in [0.15, 0.2) is 0 Å². The molecule has 0 spiro atoms. The molecular weight excluding hydrogens is 414 g/mol. The minimum absolute atomic E-state index is 0.187. The van der Waals surface area contributed by atoms with Gasteiger partial charge in [-0.1, -0.05) is 18.2 Å². The summed E-state index contributed by atoms with van der Waals surface area (Å²) >= 11 is 1.22. The van der Waals surface area contributed by atoms with E-state index in [9.17, 15) is 9.59 Å². The van der Waals surface area contributed by atoms with Gasteiger partial charge in [-0.15, -0.1) is 17.9 Å². The van der Waals surface area contributed by atoms with E-state index >= 15 is 0 Å². The molecule has 1 N–H and O–H groups in total. The lowest BCUT2D eigenvalue weighted by Crippen LogP contribution is -2.23.